The molecule has 0 unspecified atom stereocenters. The lowest BCUT2D eigenvalue weighted by Gasteiger charge is -2.37. The smallest absolute Gasteiger partial charge is 0.264 e. The first kappa shape index (κ1) is 27.6. The van der Waals surface area contributed by atoms with Crippen molar-refractivity contribution in [2.45, 2.75) is 62.7 Å². The second-order valence-electron chi connectivity index (χ2n) is 11.5. The number of methoxy groups -OCH3 is 1. The lowest BCUT2D eigenvalue weighted by Crippen LogP contribution is -2.48. The van der Waals surface area contributed by atoms with Crippen LogP contribution in [0, 0.1) is 5.92 Å². The van der Waals surface area contributed by atoms with Crippen molar-refractivity contribution in [2.24, 2.45) is 5.92 Å². The number of hydrogen-bond acceptors (Lipinski definition) is 6. The summed E-state index contributed by atoms with van der Waals surface area (Å²) in [4.78, 5) is 42.9. The molecule has 5 atom stereocenters. The minimum Gasteiger partial charge on any atom is -0.497 e. The Morgan fingerprint density at radius 3 is 2.62 bits per heavy atom. The summed E-state index contributed by atoms with van der Waals surface area (Å²) in [6, 6.07) is 13.1. The van der Waals surface area contributed by atoms with Crippen molar-refractivity contribution in [3.63, 3.8) is 0 Å². The summed E-state index contributed by atoms with van der Waals surface area (Å²) in [6.45, 7) is 10.0. The van der Waals surface area contributed by atoms with Crippen molar-refractivity contribution in [3.8, 4) is 5.75 Å². The Labute approximate surface area is 231 Å². The van der Waals surface area contributed by atoms with Crippen LogP contribution in [0.3, 0.4) is 0 Å². The highest BCUT2D eigenvalue weighted by atomic mass is 28.4. The number of fused-ring (bicyclic) bond motifs is 3. The molecule has 0 radical (unpaired) electrons. The normalized spacial score (nSPS) is 28.0. The van der Waals surface area contributed by atoms with Crippen LogP contribution in [0.15, 0.2) is 55.1 Å². The monoisotopic (exact) mass is 550 g/mol. The van der Waals surface area contributed by atoms with Crippen molar-refractivity contribution in [1.82, 2.24) is 4.90 Å². The molecule has 208 valence electrons. The first-order valence-corrected chi connectivity index (χ1v) is 16.6. The maximum Gasteiger partial charge on any atom is 0.264 e. The van der Waals surface area contributed by atoms with Crippen LogP contribution in [-0.4, -0.2) is 67.3 Å². The molecular formula is C30H38N2O6Si. The quantitative estimate of drug-likeness (QED) is 0.405. The number of carbonyl (C=O) groups is 2. The summed E-state index contributed by atoms with van der Waals surface area (Å²) < 4.78 is 12.3. The fraction of sp³-hybridized carbons (Fsp3) is 0.467. The van der Waals surface area contributed by atoms with E-state index in [2.05, 4.69) is 6.58 Å². The van der Waals surface area contributed by atoms with E-state index in [1.807, 2.05) is 62.5 Å². The van der Waals surface area contributed by atoms with Gasteiger partial charge in [-0.05, 0) is 48.8 Å². The summed E-state index contributed by atoms with van der Waals surface area (Å²) in [5, 5.41) is 10.1. The molecule has 1 fully saturated rings. The first-order valence-electron chi connectivity index (χ1n) is 13.6. The molecule has 2 aromatic rings. The average Bonchev–Trinajstić information content (AvgIpc) is 3.34. The minimum absolute atomic E-state index is 0.0143. The number of aliphatic hydroxyl groups excluding tert-OH is 1. The first-order chi connectivity index (χ1) is 18.6. The van der Waals surface area contributed by atoms with Crippen molar-refractivity contribution < 1.29 is 29.0 Å². The topological polar surface area (TPSA) is 99.5 Å². The number of aliphatic hydroxyl groups is 1. The van der Waals surface area contributed by atoms with E-state index in [1.54, 1.807) is 23.0 Å². The number of amides is 2. The Morgan fingerprint density at radius 2 is 1.97 bits per heavy atom. The largest absolute Gasteiger partial charge is 0.497 e. The van der Waals surface area contributed by atoms with Crippen LogP contribution >= 0.6 is 0 Å². The number of benzene rings is 2. The van der Waals surface area contributed by atoms with E-state index in [0.29, 0.717) is 30.8 Å². The van der Waals surface area contributed by atoms with Gasteiger partial charge in [0.2, 0.25) is 5.91 Å². The van der Waals surface area contributed by atoms with E-state index in [4.69, 9.17) is 9.47 Å². The third kappa shape index (κ3) is 4.41. The second-order valence-corrected chi connectivity index (χ2v) is 15.5. The summed E-state index contributed by atoms with van der Waals surface area (Å²) >= 11 is 0. The molecule has 2 N–H and O–H groups in total. The van der Waals surface area contributed by atoms with Crippen LogP contribution in [0.1, 0.15) is 30.0 Å². The molecule has 2 aromatic carbocycles. The number of hydrogen-bond donors (Lipinski definition) is 2. The third-order valence-corrected chi connectivity index (χ3v) is 11.3. The molecule has 1 saturated heterocycles. The summed E-state index contributed by atoms with van der Waals surface area (Å²) in [5.74, 6) is -0.144. The van der Waals surface area contributed by atoms with Crippen LogP contribution in [0.25, 0.3) is 0 Å². The molecule has 2 amide bonds. The molecular weight excluding hydrogens is 512 g/mol. The van der Waals surface area contributed by atoms with Gasteiger partial charge in [0.25, 0.3) is 5.91 Å². The average molecular weight is 551 g/mol. The van der Waals surface area contributed by atoms with Crippen LogP contribution < -0.4 is 9.64 Å². The van der Waals surface area contributed by atoms with Crippen molar-refractivity contribution in [3.05, 3.63) is 71.8 Å². The zero-order valence-corrected chi connectivity index (χ0v) is 24.1. The number of rotatable bonds is 7. The Morgan fingerprint density at radius 1 is 1.26 bits per heavy atom. The van der Waals surface area contributed by atoms with Gasteiger partial charge in [0, 0.05) is 30.1 Å². The van der Waals surface area contributed by atoms with Crippen LogP contribution in [0.2, 0.25) is 18.6 Å². The third-order valence-electron chi connectivity index (χ3n) is 8.76. The van der Waals surface area contributed by atoms with E-state index in [1.165, 1.54) is 0 Å². The van der Waals surface area contributed by atoms with E-state index in [9.17, 15) is 19.5 Å². The maximum atomic E-state index is 14.1. The summed E-state index contributed by atoms with van der Waals surface area (Å²) in [5.41, 5.74) is 1.89. The Balaban J connectivity index is 1.52. The number of anilines is 1. The van der Waals surface area contributed by atoms with Gasteiger partial charge in [-0.3, -0.25) is 9.59 Å². The maximum absolute atomic E-state index is 14.1. The standard InChI is InChI=1S/C30H38N2O6Si/c1-6-13-31-25-12-11-23(37-3)15-24(25)30(29(31)35)19(2)28(39(4,5)36)26(38-30)16-27(34)32-17-21-10-8-7-9-20(21)14-22(32)18-33/h6-12,15,19,22,26,28,33,36H,1,13-14,16-18H2,2-5H3/t19-,22-,26+,28-,30+/m0/s1. The predicted molar refractivity (Wildman–Crippen MR) is 151 cm³/mol. The molecule has 1 spiro atoms. The van der Waals surface area contributed by atoms with E-state index >= 15 is 0 Å². The van der Waals surface area contributed by atoms with Crippen molar-refractivity contribution in [1.29, 1.82) is 0 Å². The highest BCUT2D eigenvalue weighted by Gasteiger charge is 2.66. The van der Waals surface area contributed by atoms with E-state index < -0.39 is 20.0 Å². The lowest BCUT2D eigenvalue weighted by atomic mass is 9.82. The Hall–Kier alpha value is -2.98. The molecule has 5 rings (SSSR count). The van der Waals surface area contributed by atoms with Gasteiger partial charge in [-0.15, -0.1) is 6.58 Å². The fourth-order valence-corrected chi connectivity index (χ4v) is 9.58. The lowest BCUT2D eigenvalue weighted by molar-refractivity contribution is -0.150. The summed E-state index contributed by atoms with van der Waals surface area (Å²) in [7, 11) is -1.35. The van der Waals surface area contributed by atoms with Crippen LogP contribution in [0.5, 0.6) is 5.75 Å². The van der Waals surface area contributed by atoms with E-state index in [0.717, 1.165) is 16.8 Å². The highest BCUT2D eigenvalue weighted by Crippen LogP contribution is 2.60. The Kier molecular flexibility index (Phi) is 7.22. The van der Waals surface area contributed by atoms with Gasteiger partial charge in [0.1, 0.15) is 5.75 Å². The fourth-order valence-electron chi connectivity index (χ4n) is 7.03. The van der Waals surface area contributed by atoms with Crippen molar-refractivity contribution >= 4 is 25.8 Å². The zero-order chi connectivity index (χ0) is 28.1. The molecule has 3 aliphatic rings. The molecule has 0 bridgehead atoms. The molecule has 0 aromatic heterocycles. The van der Waals surface area contributed by atoms with Gasteiger partial charge in [-0.25, -0.2) is 0 Å². The molecule has 0 saturated carbocycles. The number of carbonyl (C=O) groups excluding carboxylic acids is 2. The van der Waals surface area contributed by atoms with Crippen LogP contribution in [0.4, 0.5) is 5.69 Å². The van der Waals surface area contributed by atoms with Crippen LogP contribution in [-0.2, 0) is 32.9 Å². The summed E-state index contributed by atoms with van der Waals surface area (Å²) in [6.07, 6.45) is 1.61. The molecule has 8 nitrogen and oxygen atoms in total. The zero-order valence-electron chi connectivity index (χ0n) is 23.1. The minimum atomic E-state index is -2.92. The highest BCUT2D eigenvalue weighted by molar-refractivity contribution is 6.71. The molecule has 3 heterocycles. The SMILES string of the molecule is C=CCN1C(=O)[C@]2(O[C@H](CC(=O)N3Cc4ccccc4C[C@H]3CO)[C@@H]([Si](C)(C)O)[C@@H]2C)c2cc(OC)ccc21. The van der Waals surface area contributed by atoms with E-state index in [-0.39, 0.29) is 42.3 Å². The molecule has 0 aliphatic carbocycles. The van der Waals surface area contributed by atoms with Gasteiger partial charge < -0.3 is 29.2 Å². The number of nitrogens with zero attached hydrogens (tertiary/aromatic N) is 2. The van der Waals surface area contributed by atoms with Gasteiger partial charge in [-0.1, -0.05) is 37.3 Å². The van der Waals surface area contributed by atoms with Gasteiger partial charge in [0.05, 0.1) is 38.0 Å². The van der Waals surface area contributed by atoms with Gasteiger partial charge in [0.15, 0.2) is 13.9 Å². The second kappa shape index (κ2) is 10.2. The van der Waals surface area contributed by atoms with Gasteiger partial charge in [-0.2, -0.15) is 0 Å². The van der Waals surface area contributed by atoms with Crippen molar-refractivity contribution in [2.75, 3.05) is 25.2 Å². The molecule has 39 heavy (non-hydrogen) atoms. The molecule has 3 aliphatic heterocycles. The predicted octanol–water partition coefficient (Wildman–Crippen LogP) is 3.36. The Bertz CT molecular complexity index is 1290. The number of ether oxygens (including phenoxy) is 2. The molecule has 9 heteroatoms. The van der Waals surface area contributed by atoms with Gasteiger partial charge >= 0.3 is 0 Å².